The molecule has 0 radical (unpaired) electrons. The number of aldehydes is 1. The van der Waals surface area contributed by atoms with E-state index < -0.39 is 0 Å². The SMILES string of the molecule is C#CCOCCOCCOCC(COCCOCCOCC#C)ONCCOCCOCCOCCOCCC=O.C=O.CC. The van der Waals surface area contributed by atoms with E-state index in [4.69, 9.17) is 69.8 Å². The Balaban J connectivity index is -0.00000422. The molecule has 0 spiro atoms. The number of nitrogens with one attached hydrogen (secondary N) is 1. The van der Waals surface area contributed by atoms with Gasteiger partial charge in [-0.1, -0.05) is 25.7 Å². The summed E-state index contributed by atoms with van der Waals surface area (Å²) in [5.74, 6) is 4.79. The van der Waals surface area contributed by atoms with E-state index in [2.05, 4.69) is 17.3 Å². The summed E-state index contributed by atoms with van der Waals surface area (Å²) in [5.41, 5.74) is 2.89. The molecule has 0 atom stereocenters. The molecule has 0 amide bonds. The third-order valence-electron chi connectivity index (χ3n) is 4.56. The quantitative estimate of drug-likeness (QED) is 0.0445. The van der Waals surface area contributed by atoms with Crippen molar-refractivity contribution in [3.05, 3.63) is 0 Å². The van der Waals surface area contributed by atoms with Gasteiger partial charge in [0, 0.05) is 13.0 Å². The van der Waals surface area contributed by atoms with E-state index in [-0.39, 0.29) is 19.3 Å². The first-order valence-electron chi connectivity index (χ1n) is 15.1. The van der Waals surface area contributed by atoms with Gasteiger partial charge in [0.2, 0.25) is 0 Å². The summed E-state index contributed by atoms with van der Waals surface area (Å²) >= 11 is 0. The number of rotatable bonds is 35. The highest BCUT2D eigenvalue weighted by atomic mass is 16.7. The lowest BCUT2D eigenvalue weighted by Crippen LogP contribution is -2.34. The maximum Gasteiger partial charge on any atom is 0.125 e. The van der Waals surface area contributed by atoms with Crippen LogP contribution >= 0.6 is 0 Å². The molecule has 0 saturated heterocycles. The highest BCUT2D eigenvalue weighted by molar-refractivity contribution is 5.49. The lowest BCUT2D eigenvalue weighted by Gasteiger charge is -2.18. The third-order valence-corrected chi connectivity index (χ3v) is 4.56. The molecule has 0 saturated carbocycles. The minimum Gasteiger partial charge on any atom is -0.379 e. The van der Waals surface area contributed by atoms with Crippen LogP contribution in [0.15, 0.2) is 0 Å². The normalized spacial score (nSPS) is 10.3. The Morgan fingerprint density at radius 1 is 0.556 bits per heavy atom. The van der Waals surface area contributed by atoms with Gasteiger partial charge >= 0.3 is 0 Å². The van der Waals surface area contributed by atoms with Crippen LogP contribution < -0.4 is 5.48 Å². The molecule has 1 N–H and O–H groups in total. The van der Waals surface area contributed by atoms with Crippen molar-refractivity contribution in [3.8, 4) is 24.7 Å². The van der Waals surface area contributed by atoms with Crippen molar-refractivity contribution in [2.24, 2.45) is 0 Å². The zero-order valence-electron chi connectivity index (χ0n) is 27.4. The molecule has 0 aromatic rings. The average Bonchev–Trinajstić information content (AvgIpc) is 3.08. The smallest absolute Gasteiger partial charge is 0.125 e. The summed E-state index contributed by atoms with van der Waals surface area (Å²) in [6, 6.07) is 0. The summed E-state index contributed by atoms with van der Waals surface area (Å²) < 4.78 is 54.0. The summed E-state index contributed by atoms with van der Waals surface area (Å²) in [5, 5.41) is 0. The monoisotopic (exact) mass is 651 g/mol. The van der Waals surface area contributed by atoms with Gasteiger partial charge in [-0.15, -0.1) is 12.8 Å². The van der Waals surface area contributed by atoms with E-state index in [1.54, 1.807) is 0 Å². The van der Waals surface area contributed by atoms with Crippen LogP contribution in [0.25, 0.3) is 0 Å². The first-order valence-corrected chi connectivity index (χ1v) is 15.1. The van der Waals surface area contributed by atoms with Crippen LogP contribution in [0.5, 0.6) is 0 Å². The third kappa shape index (κ3) is 46.5. The van der Waals surface area contributed by atoms with E-state index in [0.717, 1.165) is 6.29 Å². The molecule has 0 aromatic heterocycles. The van der Waals surface area contributed by atoms with Crippen molar-refractivity contribution < 1.29 is 61.8 Å². The molecule has 14 heteroatoms. The molecule has 45 heavy (non-hydrogen) atoms. The van der Waals surface area contributed by atoms with Crippen LogP contribution in [0.4, 0.5) is 0 Å². The van der Waals surface area contributed by atoms with Gasteiger partial charge in [0.05, 0.1) is 119 Å². The fourth-order valence-corrected chi connectivity index (χ4v) is 2.67. The minimum absolute atomic E-state index is 0.271. The number of ether oxygens (including phenoxy) is 10. The Morgan fingerprint density at radius 3 is 1.27 bits per heavy atom. The van der Waals surface area contributed by atoms with Crippen LogP contribution in [0.3, 0.4) is 0 Å². The summed E-state index contributed by atoms with van der Waals surface area (Å²) in [7, 11) is 0. The van der Waals surface area contributed by atoms with Crippen molar-refractivity contribution in [1.29, 1.82) is 0 Å². The fraction of sp³-hybridized carbons (Fsp3) is 0.806. The van der Waals surface area contributed by atoms with E-state index in [1.165, 1.54) is 0 Å². The zero-order valence-corrected chi connectivity index (χ0v) is 27.4. The Morgan fingerprint density at radius 2 is 0.889 bits per heavy atom. The van der Waals surface area contributed by atoms with Crippen molar-refractivity contribution in [1.82, 2.24) is 5.48 Å². The molecule has 0 unspecified atom stereocenters. The summed E-state index contributed by atoms with van der Waals surface area (Å²) in [4.78, 5) is 23.9. The Bertz CT molecular complexity index is 600. The molecule has 0 heterocycles. The first-order chi connectivity index (χ1) is 22.3. The molecule has 0 aromatic carbocycles. The summed E-state index contributed by atoms with van der Waals surface area (Å²) in [6.07, 6.45) is 11.1. The van der Waals surface area contributed by atoms with Crippen LogP contribution in [0.1, 0.15) is 20.3 Å². The molecule has 0 rings (SSSR count). The van der Waals surface area contributed by atoms with Gasteiger partial charge in [0.25, 0.3) is 0 Å². The maximum absolute atomic E-state index is 10.2. The molecule has 14 nitrogen and oxygen atoms in total. The van der Waals surface area contributed by atoms with Crippen molar-refractivity contribution >= 4 is 13.1 Å². The largest absolute Gasteiger partial charge is 0.379 e. The van der Waals surface area contributed by atoms with Gasteiger partial charge < -0.3 is 57.0 Å². The van der Waals surface area contributed by atoms with Gasteiger partial charge in [0.1, 0.15) is 32.4 Å². The van der Waals surface area contributed by atoms with Crippen molar-refractivity contribution in [3.63, 3.8) is 0 Å². The lowest BCUT2D eigenvalue weighted by molar-refractivity contribution is -0.112. The van der Waals surface area contributed by atoms with Gasteiger partial charge in [-0.05, 0) is 0 Å². The molecular weight excluding hydrogens is 594 g/mol. The van der Waals surface area contributed by atoms with Crippen LogP contribution in [0.2, 0.25) is 0 Å². The second-order valence-corrected chi connectivity index (χ2v) is 7.93. The molecule has 0 aliphatic heterocycles. The van der Waals surface area contributed by atoms with Crippen LogP contribution in [0, 0.1) is 24.7 Å². The predicted molar refractivity (Wildman–Crippen MR) is 168 cm³/mol. The minimum atomic E-state index is -0.341. The number of carbonyl (C=O) groups excluding carboxylic acids is 2. The standard InChI is InChI=1S/C28H49NO12.C2H6.CH2O/c1-3-8-31-12-16-37-22-24-39-26-28(27-40-25-23-38-17-13-32-9-4-2)41-29-6-11-34-15-19-36-21-20-35-18-14-33-10-5-7-30;2*1-2/h1-2,7,28-29H,5-6,8-27H2;1-2H3;1H2. The van der Waals surface area contributed by atoms with E-state index >= 15 is 0 Å². The van der Waals surface area contributed by atoms with E-state index in [9.17, 15) is 4.79 Å². The topological polar surface area (TPSA) is 148 Å². The Kier molecular flexibility index (Phi) is 51.5. The first kappa shape index (κ1) is 47.4. The summed E-state index contributed by atoms with van der Waals surface area (Å²) in [6.45, 7) is 14.7. The van der Waals surface area contributed by atoms with E-state index in [0.29, 0.717) is 132 Å². The molecule has 0 fully saturated rings. The van der Waals surface area contributed by atoms with Crippen molar-refractivity contribution in [2.45, 2.75) is 26.4 Å². The second-order valence-electron chi connectivity index (χ2n) is 7.93. The second kappa shape index (κ2) is 48.9. The molecular formula is C31H57NO13. The maximum atomic E-state index is 10.2. The van der Waals surface area contributed by atoms with Crippen LogP contribution in [-0.2, 0) is 61.8 Å². The van der Waals surface area contributed by atoms with Gasteiger partial charge in [-0.25, -0.2) is 0 Å². The zero-order chi connectivity index (χ0) is 33.7. The number of hydrogen-bond acceptors (Lipinski definition) is 14. The number of carbonyl (C=O) groups is 2. The number of hydrogen-bond donors (Lipinski definition) is 1. The Hall–Kier alpha value is -2.02. The van der Waals surface area contributed by atoms with Crippen LogP contribution in [-0.4, -0.2) is 158 Å². The fourth-order valence-electron chi connectivity index (χ4n) is 2.67. The van der Waals surface area contributed by atoms with Gasteiger partial charge in [-0.3, -0.25) is 4.84 Å². The number of terminal acetylenes is 2. The molecule has 0 aliphatic rings. The highest BCUT2D eigenvalue weighted by Crippen LogP contribution is 1.95. The highest BCUT2D eigenvalue weighted by Gasteiger charge is 2.11. The lowest BCUT2D eigenvalue weighted by atomic mass is 10.4. The molecule has 0 aliphatic carbocycles. The Labute approximate surface area is 270 Å². The van der Waals surface area contributed by atoms with E-state index in [1.807, 2.05) is 20.6 Å². The molecule has 0 bridgehead atoms. The van der Waals surface area contributed by atoms with Crippen molar-refractivity contribution in [2.75, 3.05) is 139 Å². The molecule has 264 valence electrons. The number of hydroxylamine groups is 1. The van der Waals surface area contributed by atoms with Gasteiger partial charge in [0.15, 0.2) is 0 Å². The predicted octanol–water partition coefficient (Wildman–Crippen LogP) is 0.739. The average molecular weight is 652 g/mol. The van der Waals surface area contributed by atoms with Gasteiger partial charge in [-0.2, -0.15) is 5.48 Å².